The highest BCUT2D eigenvalue weighted by Crippen LogP contribution is 2.29. The summed E-state index contributed by atoms with van der Waals surface area (Å²) in [6.45, 7) is 3.75. The van der Waals surface area contributed by atoms with Gasteiger partial charge in [0, 0.05) is 28.2 Å². The maximum atomic E-state index is 12.3. The molecule has 5 heteroatoms. The summed E-state index contributed by atoms with van der Waals surface area (Å²) in [7, 11) is 0. The van der Waals surface area contributed by atoms with E-state index < -0.39 is 0 Å². The van der Waals surface area contributed by atoms with Crippen LogP contribution in [0.5, 0.6) is 0 Å². The molecule has 2 rings (SSSR count). The summed E-state index contributed by atoms with van der Waals surface area (Å²) in [4.78, 5) is 14.1. The smallest absolute Gasteiger partial charge is 0.226 e. The predicted molar refractivity (Wildman–Crippen MR) is 80.1 cm³/mol. The maximum Gasteiger partial charge on any atom is 0.226 e. The Bertz CT molecular complexity index is 439. The summed E-state index contributed by atoms with van der Waals surface area (Å²) < 4.78 is 0. The lowest BCUT2D eigenvalue weighted by Crippen LogP contribution is -2.46. The molecule has 1 aliphatic heterocycles. The first-order chi connectivity index (χ1) is 9.11. The Morgan fingerprint density at radius 2 is 1.84 bits per heavy atom. The van der Waals surface area contributed by atoms with Gasteiger partial charge in [0.25, 0.3) is 0 Å². The molecule has 1 aliphatic rings. The van der Waals surface area contributed by atoms with Crippen LogP contribution in [-0.4, -0.2) is 25.0 Å². The molecule has 1 N–H and O–H groups in total. The van der Waals surface area contributed by atoms with Gasteiger partial charge in [-0.25, -0.2) is 0 Å². The van der Waals surface area contributed by atoms with Gasteiger partial charge in [-0.05, 0) is 44.1 Å². The van der Waals surface area contributed by atoms with Crippen molar-refractivity contribution in [2.45, 2.75) is 32.2 Å². The number of hydrogen-bond acceptors (Lipinski definition) is 2. The minimum atomic E-state index is 0.116. The second kappa shape index (κ2) is 6.60. The van der Waals surface area contributed by atoms with Crippen molar-refractivity contribution in [3.05, 3.63) is 28.2 Å². The zero-order valence-electron chi connectivity index (χ0n) is 11.0. The number of amides is 1. The van der Waals surface area contributed by atoms with Crippen molar-refractivity contribution in [2.75, 3.05) is 18.0 Å². The number of halogens is 2. The summed E-state index contributed by atoms with van der Waals surface area (Å²) in [5.41, 5.74) is 0.802. The lowest BCUT2D eigenvalue weighted by Gasteiger charge is -2.34. The third kappa shape index (κ3) is 3.62. The fourth-order valence-electron chi connectivity index (χ4n) is 2.47. The highest BCUT2D eigenvalue weighted by molar-refractivity contribution is 6.35. The molecule has 1 aromatic rings. The normalized spacial score (nSPS) is 16.4. The Kier molecular flexibility index (Phi) is 5.08. The van der Waals surface area contributed by atoms with Gasteiger partial charge in [-0.3, -0.25) is 4.79 Å². The molecule has 0 aromatic heterocycles. The van der Waals surface area contributed by atoms with Crippen LogP contribution < -0.4 is 10.2 Å². The van der Waals surface area contributed by atoms with Crippen LogP contribution in [0.3, 0.4) is 0 Å². The molecule has 0 saturated carbocycles. The summed E-state index contributed by atoms with van der Waals surface area (Å²) in [6.07, 6.45) is 2.39. The van der Waals surface area contributed by atoms with E-state index in [0.717, 1.165) is 31.6 Å². The quantitative estimate of drug-likeness (QED) is 0.927. The lowest BCUT2D eigenvalue weighted by molar-refractivity contribution is -0.118. The van der Waals surface area contributed by atoms with Crippen molar-refractivity contribution in [1.82, 2.24) is 5.32 Å². The Morgan fingerprint density at radius 3 is 2.37 bits per heavy atom. The molecule has 104 valence electrons. The summed E-state index contributed by atoms with van der Waals surface area (Å²) in [5, 5.41) is 4.43. The predicted octanol–water partition coefficient (Wildman–Crippen LogP) is 3.49. The number of carbonyl (C=O) groups excluding carboxylic acids is 1. The highest BCUT2D eigenvalue weighted by Gasteiger charge is 2.26. The number of carbonyl (C=O) groups is 1. The van der Waals surface area contributed by atoms with Gasteiger partial charge in [-0.15, -0.1) is 0 Å². The molecule has 1 heterocycles. The number of anilines is 1. The second-order valence-corrected chi connectivity index (χ2v) is 5.60. The van der Waals surface area contributed by atoms with Crippen LogP contribution in [0.15, 0.2) is 18.2 Å². The first-order valence-corrected chi connectivity index (χ1v) is 7.36. The molecule has 1 amide bonds. The van der Waals surface area contributed by atoms with Crippen LogP contribution >= 0.6 is 23.2 Å². The molecule has 1 fully saturated rings. The molecule has 0 unspecified atom stereocenters. The third-order valence-electron chi connectivity index (χ3n) is 3.37. The molecule has 3 nitrogen and oxygen atoms in total. The molecule has 1 saturated heterocycles. The van der Waals surface area contributed by atoms with E-state index in [2.05, 4.69) is 5.32 Å². The Balaban J connectivity index is 2.33. The van der Waals surface area contributed by atoms with Crippen LogP contribution in [0.25, 0.3) is 0 Å². The molecule has 0 atom stereocenters. The maximum absolute atomic E-state index is 12.3. The monoisotopic (exact) mass is 300 g/mol. The standard InChI is InChI=1S/C14H18Cl2N2O/c1-2-14(19)18(12-3-5-17-6-4-12)13-8-10(15)7-11(16)9-13/h7-9,12,17H,2-6H2,1H3. The van der Waals surface area contributed by atoms with Crippen LogP contribution in [0, 0.1) is 0 Å². The molecule has 1 aromatic carbocycles. The van der Waals surface area contributed by atoms with E-state index >= 15 is 0 Å². The number of rotatable bonds is 3. The molecule has 0 aliphatic carbocycles. The molecule has 0 radical (unpaired) electrons. The number of nitrogens with one attached hydrogen (secondary N) is 1. The van der Waals surface area contributed by atoms with Gasteiger partial charge in [0.15, 0.2) is 0 Å². The number of nitrogens with zero attached hydrogens (tertiary/aromatic N) is 1. The molecular weight excluding hydrogens is 283 g/mol. The van der Waals surface area contributed by atoms with Gasteiger partial charge in [0.1, 0.15) is 0 Å². The molecule has 19 heavy (non-hydrogen) atoms. The lowest BCUT2D eigenvalue weighted by atomic mass is 10.0. The molecule has 0 bridgehead atoms. The van der Waals surface area contributed by atoms with Gasteiger partial charge >= 0.3 is 0 Å². The van der Waals surface area contributed by atoms with Gasteiger partial charge in [-0.1, -0.05) is 30.1 Å². The topological polar surface area (TPSA) is 32.3 Å². The van der Waals surface area contributed by atoms with Gasteiger partial charge in [-0.2, -0.15) is 0 Å². The van der Waals surface area contributed by atoms with Crippen molar-refractivity contribution in [1.29, 1.82) is 0 Å². The van der Waals surface area contributed by atoms with E-state index in [1.54, 1.807) is 6.07 Å². The Morgan fingerprint density at radius 1 is 1.26 bits per heavy atom. The minimum absolute atomic E-state index is 0.116. The van der Waals surface area contributed by atoms with Crippen LogP contribution in [0.2, 0.25) is 10.0 Å². The number of benzene rings is 1. The van der Waals surface area contributed by atoms with E-state index in [1.165, 1.54) is 0 Å². The highest BCUT2D eigenvalue weighted by atomic mass is 35.5. The average Bonchev–Trinajstić information content (AvgIpc) is 2.39. The second-order valence-electron chi connectivity index (χ2n) is 4.73. The fraction of sp³-hybridized carbons (Fsp3) is 0.500. The van der Waals surface area contributed by atoms with E-state index in [9.17, 15) is 4.79 Å². The van der Waals surface area contributed by atoms with Crippen LogP contribution in [-0.2, 0) is 4.79 Å². The first kappa shape index (κ1) is 14.6. The Labute approximate surface area is 123 Å². The zero-order chi connectivity index (χ0) is 13.8. The number of piperidine rings is 1. The minimum Gasteiger partial charge on any atom is -0.317 e. The van der Waals surface area contributed by atoms with Crippen molar-refractivity contribution >= 4 is 34.8 Å². The van der Waals surface area contributed by atoms with Crippen LogP contribution in [0.4, 0.5) is 5.69 Å². The summed E-state index contributed by atoms with van der Waals surface area (Å²) >= 11 is 12.1. The van der Waals surface area contributed by atoms with Crippen molar-refractivity contribution < 1.29 is 4.79 Å². The molecular formula is C14H18Cl2N2O. The van der Waals surface area contributed by atoms with Crippen molar-refractivity contribution in [3.63, 3.8) is 0 Å². The summed E-state index contributed by atoms with van der Waals surface area (Å²) in [5.74, 6) is 0.116. The van der Waals surface area contributed by atoms with E-state index in [0.29, 0.717) is 16.5 Å². The van der Waals surface area contributed by atoms with E-state index in [1.807, 2.05) is 24.0 Å². The van der Waals surface area contributed by atoms with Crippen molar-refractivity contribution in [3.8, 4) is 0 Å². The molecule has 0 spiro atoms. The average molecular weight is 301 g/mol. The van der Waals surface area contributed by atoms with Crippen molar-refractivity contribution in [2.24, 2.45) is 0 Å². The van der Waals surface area contributed by atoms with Gasteiger partial charge in [0.05, 0.1) is 0 Å². The van der Waals surface area contributed by atoms with Gasteiger partial charge in [0.2, 0.25) is 5.91 Å². The SMILES string of the molecule is CCC(=O)N(c1cc(Cl)cc(Cl)c1)C1CCNCC1. The largest absolute Gasteiger partial charge is 0.317 e. The van der Waals surface area contributed by atoms with E-state index in [-0.39, 0.29) is 11.9 Å². The van der Waals surface area contributed by atoms with E-state index in [4.69, 9.17) is 23.2 Å². The number of hydrogen-bond donors (Lipinski definition) is 1. The van der Waals surface area contributed by atoms with Crippen LogP contribution in [0.1, 0.15) is 26.2 Å². The third-order valence-corrected chi connectivity index (χ3v) is 3.81. The fourth-order valence-corrected chi connectivity index (χ4v) is 2.99. The van der Waals surface area contributed by atoms with Gasteiger partial charge < -0.3 is 10.2 Å². The zero-order valence-corrected chi connectivity index (χ0v) is 12.5. The summed E-state index contributed by atoms with van der Waals surface area (Å²) in [6, 6.07) is 5.53. The Hall–Kier alpha value is -0.770. The first-order valence-electron chi connectivity index (χ1n) is 6.60.